The summed E-state index contributed by atoms with van der Waals surface area (Å²) in [6.45, 7) is 2.18. The van der Waals surface area contributed by atoms with Gasteiger partial charge >= 0.3 is 0 Å². The molecule has 1 aliphatic carbocycles. The number of benzene rings is 2. The minimum atomic E-state index is 0.130. The molecule has 92 valence electrons. The average molecular weight is 237 g/mol. The standard InChI is InChI=1S/C17H19N/c1-2-12-7-9-13(10-8-12)17(18)16-11-14-5-3-4-6-15(14)16/h3-10,16-17H,2,11,18H2,1H3. The third-order valence-electron chi connectivity index (χ3n) is 4.10. The van der Waals surface area contributed by atoms with E-state index >= 15 is 0 Å². The summed E-state index contributed by atoms with van der Waals surface area (Å²) in [7, 11) is 0. The molecule has 0 saturated carbocycles. The van der Waals surface area contributed by atoms with Gasteiger partial charge in [-0.3, -0.25) is 0 Å². The predicted molar refractivity (Wildman–Crippen MR) is 75.6 cm³/mol. The monoisotopic (exact) mass is 237 g/mol. The van der Waals surface area contributed by atoms with Gasteiger partial charge in [-0.2, -0.15) is 0 Å². The van der Waals surface area contributed by atoms with Crippen molar-refractivity contribution in [3.63, 3.8) is 0 Å². The van der Waals surface area contributed by atoms with Crippen molar-refractivity contribution in [2.24, 2.45) is 5.73 Å². The lowest BCUT2D eigenvalue weighted by Gasteiger charge is -2.35. The normalized spacial score (nSPS) is 18.9. The predicted octanol–water partition coefficient (Wildman–Crippen LogP) is 3.59. The average Bonchev–Trinajstić information content (AvgIpc) is 2.40. The number of rotatable bonds is 3. The molecule has 0 fully saturated rings. The van der Waals surface area contributed by atoms with E-state index < -0.39 is 0 Å². The molecule has 1 aliphatic rings. The van der Waals surface area contributed by atoms with E-state index in [-0.39, 0.29) is 6.04 Å². The van der Waals surface area contributed by atoms with Crippen LogP contribution in [0.5, 0.6) is 0 Å². The van der Waals surface area contributed by atoms with Gasteiger partial charge in [-0.15, -0.1) is 0 Å². The quantitative estimate of drug-likeness (QED) is 0.867. The van der Waals surface area contributed by atoms with Gasteiger partial charge in [-0.25, -0.2) is 0 Å². The van der Waals surface area contributed by atoms with Crippen LogP contribution in [-0.4, -0.2) is 0 Å². The van der Waals surface area contributed by atoms with Gasteiger partial charge in [0.2, 0.25) is 0 Å². The molecule has 1 heteroatoms. The van der Waals surface area contributed by atoms with Crippen LogP contribution in [0, 0.1) is 0 Å². The van der Waals surface area contributed by atoms with Crippen LogP contribution >= 0.6 is 0 Å². The Balaban J connectivity index is 1.82. The second-order valence-corrected chi connectivity index (χ2v) is 5.13. The SMILES string of the molecule is CCc1ccc(C(N)C2Cc3ccccc32)cc1. The molecule has 0 heterocycles. The van der Waals surface area contributed by atoms with Gasteiger partial charge < -0.3 is 5.73 Å². The molecule has 0 spiro atoms. The molecule has 1 nitrogen and oxygen atoms in total. The lowest BCUT2D eigenvalue weighted by atomic mass is 9.72. The maximum atomic E-state index is 6.41. The van der Waals surface area contributed by atoms with Crippen molar-refractivity contribution in [1.29, 1.82) is 0 Å². The topological polar surface area (TPSA) is 26.0 Å². The first-order chi connectivity index (χ1) is 8.79. The molecule has 0 amide bonds. The van der Waals surface area contributed by atoms with E-state index in [2.05, 4.69) is 55.5 Å². The Morgan fingerprint density at radius 2 is 1.83 bits per heavy atom. The van der Waals surface area contributed by atoms with Crippen LogP contribution in [0.15, 0.2) is 48.5 Å². The van der Waals surface area contributed by atoms with E-state index in [4.69, 9.17) is 5.73 Å². The van der Waals surface area contributed by atoms with Crippen molar-refractivity contribution in [3.05, 3.63) is 70.8 Å². The van der Waals surface area contributed by atoms with Crippen LogP contribution in [0.4, 0.5) is 0 Å². The first-order valence-electron chi connectivity index (χ1n) is 6.72. The lowest BCUT2D eigenvalue weighted by molar-refractivity contribution is 0.500. The molecule has 0 aromatic heterocycles. The van der Waals surface area contributed by atoms with Crippen LogP contribution in [0.3, 0.4) is 0 Å². The number of hydrogen-bond acceptors (Lipinski definition) is 1. The van der Waals surface area contributed by atoms with Gasteiger partial charge in [0, 0.05) is 12.0 Å². The summed E-state index contributed by atoms with van der Waals surface area (Å²) in [5, 5.41) is 0. The molecular weight excluding hydrogens is 218 g/mol. The Morgan fingerprint density at radius 1 is 1.11 bits per heavy atom. The van der Waals surface area contributed by atoms with E-state index in [0.717, 1.165) is 12.8 Å². The maximum Gasteiger partial charge on any atom is 0.0367 e. The summed E-state index contributed by atoms with van der Waals surface area (Å²) in [4.78, 5) is 0. The third-order valence-corrected chi connectivity index (χ3v) is 4.10. The van der Waals surface area contributed by atoms with Crippen molar-refractivity contribution in [3.8, 4) is 0 Å². The van der Waals surface area contributed by atoms with Crippen LogP contribution < -0.4 is 5.73 Å². The van der Waals surface area contributed by atoms with Crippen molar-refractivity contribution in [2.75, 3.05) is 0 Å². The van der Waals surface area contributed by atoms with Crippen LogP contribution in [0.2, 0.25) is 0 Å². The fourth-order valence-corrected chi connectivity index (χ4v) is 2.83. The van der Waals surface area contributed by atoms with E-state index in [1.807, 2.05) is 0 Å². The zero-order valence-corrected chi connectivity index (χ0v) is 10.8. The molecule has 2 unspecified atom stereocenters. The minimum Gasteiger partial charge on any atom is -0.323 e. The van der Waals surface area contributed by atoms with Gasteiger partial charge in [0.15, 0.2) is 0 Å². The van der Waals surface area contributed by atoms with Gasteiger partial charge in [-0.1, -0.05) is 55.5 Å². The molecule has 3 rings (SSSR count). The number of nitrogens with two attached hydrogens (primary N) is 1. The Morgan fingerprint density at radius 3 is 2.50 bits per heavy atom. The summed E-state index contributed by atoms with van der Waals surface area (Å²) in [6, 6.07) is 17.5. The summed E-state index contributed by atoms with van der Waals surface area (Å²) in [5.74, 6) is 0.494. The molecule has 2 aromatic carbocycles. The van der Waals surface area contributed by atoms with Crippen LogP contribution in [-0.2, 0) is 12.8 Å². The zero-order valence-electron chi connectivity index (χ0n) is 10.8. The highest BCUT2D eigenvalue weighted by molar-refractivity contribution is 5.43. The maximum absolute atomic E-state index is 6.41. The molecule has 0 saturated heterocycles. The molecule has 2 atom stereocenters. The highest BCUT2D eigenvalue weighted by atomic mass is 14.7. The van der Waals surface area contributed by atoms with E-state index in [1.54, 1.807) is 0 Å². The number of hydrogen-bond donors (Lipinski definition) is 1. The minimum absolute atomic E-state index is 0.130. The van der Waals surface area contributed by atoms with Gasteiger partial charge in [0.25, 0.3) is 0 Å². The first-order valence-corrected chi connectivity index (χ1v) is 6.72. The second kappa shape index (κ2) is 4.58. The summed E-state index contributed by atoms with van der Waals surface area (Å²) in [6.07, 6.45) is 2.20. The molecule has 2 aromatic rings. The van der Waals surface area contributed by atoms with E-state index in [0.29, 0.717) is 5.92 Å². The third kappa shape index (κ3) is 1.85. The molecule has 2 N–H and O–H groups in total. The fraction of sp³-hybridized carbons (Fsp3) is 0.294. The Kier molecular flexibility index (Phi) is 2.92. The lowest BCUT2D eigenvalue weighted by Crippen LogP contribution is -2.28. The molecule has 18 heavy (non-hydrogen) atoms. The summed E-state index contributed by atoms with van der Waals surface area (Å²) in [5.41, 5.74) is 11.9. The van der Waals surface area contributed by atoms with E-state index in [9.17, 15) is 0 Å². The Hall–Kier alpha value is -1.60. The smallest absolute Gasteiger partial charge is 0.0367 e. The molecule has 0 radical (unpaired) electrons. The number of aryl methyl sites for hydroxylation is 1. The molecule has 0 bridgehead atoms. The largest absolute Gasteiger partial charge is 0.323 e. The zero-order chi connectivity index (χ0) is 12.5. The Labute approximate surface area is 109 Å². The first kappa shape index (κ1) is 11.5. The number of fused-ring (bicyclic) bond motifs is 1. The highest BCUT2D eigenvalue weighted by Crippen LogP contribution is 2.42. The van der Waals surface area contributed by atoms with E-state index in [1.165, 1.54) is 22.3 Å². The van der Waals surface area contributed by atoms with Crippen molar-refractivity contribution in [2.45, 2.75) is 31.7 Å². The van der Waals surface area contributed by atoms with Gasteiger partial charge in [0.05, 0.1) is 0 Å². The fourth-order valence-electron chi connectivity index (χ4n) is 2.83. The van der Waals surface area contributed by atoms with Crippen molar-refractivity contribution in [1.82, 2.24) is 0 Å². The van der Waals surface area contributed by atoms with Crippen molar-refractivity contribution >= 4 is 0 Å². The van der Waals surface area contributed by atoms with Crippen molar-refractivity contribution < 1.29 is 0 Å². The highest BCUT2D eigenvalue weighted by Gasteiger charge is 2.31. The molecular formula is C17H19N. The van der Waals surface area contributed by atoms with Gasteiger partial charge in [-0.05, 0) is 35.1 Å². The molecule has 0 aliphatic heterocycles. The van der Waals surface area contributed by atoms with Crippen LogP contribution in [0.1, 0.15) is 41.1 Å². The van der Waals surface area contributed by atoms with Gasteiger partial charge in [0.1, 0.15) is 0 Å². The summed E-state index contributed by atoms with van der Waals surface area (Å²) >= 11 is 0. The second-order valence-electron chi connectivity index (χ2n) is 5.13. The Bertz CT molecular complexity index is 542. The van der Waals surface area contributed by atoms with Crippen LogP contribution in [0.25, 0.3) is 0 Å². The summed E-state index contributed by atoms with van der Waals surface area (Å²) < 4.78 is 0.